The van der Waals surface area contributed by atoms with Gasteiger partial charge in [-0.15, -0.1) is 0 Å². The third kappa shape index (κ3) is 62.1. The lowest BCUT2D eigenvalue weighted by molar-refractivity contribution is -0.167. The van der Waals surface area contributed by atoms with Crippen LogP contribution in [0.2, 0.25) is 0 Å². The van der Waals surface area contributed by atoms with Crippen molar-refractivity contribution < 1.29 is 28.6 Å². The molecule has 0 heterocycles. The lowest BCUT2D eigenvalue weighted by atomic mass is 10.0. The van der Waals surface area contributed by atoms with E-state index in [-0.39, 0.29) is 31.1 Å². The molecule has 0 amide bonds. The molecule has 0 aliphatic carbocycles. The van der Waals surface area contributed by atoms with Crippen molar-refractivity contribution in [3.63, 3.8) is 0 Å². The number of allylic oxidation sites excluding steroid dienone is 24. The van der Waals surface area contributed by atoms with Gasteiger partial charge in [-0.3, -0.25) is 14.4 Å². The van der Waals surface area contributed by atoms with Crippen LogP contribution < -0.4 is 0 Å². The van der Waals surface area contributed by atoms with Gasteiger partial charge in [-0.2, -0.15) is 0 Å². The van der Waals surface area contributed by atoms with Crippen LogP contribution in [0.3, 0.4) is 0 Å². The third-order valence-electron chi connectivity index (χ3n) is 13.1. The molecule has 6 nitrogen and oxygen atoms in total. The van der Waals surface area contributed by atoms with Crippen molar-refractivity contribution in [2.75, 3.05) is 13.2 Å². The molecule has 0 fully saturated rings. The molecule has 0 aliphatic rings. The highest BCUT2D eigenvalue weighted by molar-refractivity contribution is 5.71. The predicted molar refractivity (Wildman–Crippen MR) is 339 cm³/mol. The molecule has 0 bridgehead atoms. The zero-order chi connectivity index (χ0) is 56.4. The summed E-state index contributed by atoms with van der Waals surface area (Å²) in [6, 6.07) is 0. The number of ether oxygens (including phenoxy) is 3. The minimum Gasteiger partial charge on any atom is -0.462 e. The fourth-order valence-corrected chi connectivity index (χ4v) is 8.39. The van der Waals surface area contributed by atoms with Gasteiger partial charge < -0.3 is 14.2 Å². The van der Waals surface area contributed by atoms with Crippen LogP contribution in [-0.4, -0.2) is 37.2 Å². The fraction of sp³-hybridized carbons (Fsp3) is 0.625. The second-order valence-corrected chi connectivity index (χ2v) is 20.6. The summed E-state index contributed by atoms with van der Waals surface area (Å²) < 4.78 is 16.8. The first-order valence-electron chi connectivity index (χ1n) is 31.8. The van der Waals surface area contributed by atoms with Crippen LogP contribution in [0.25, 0.3) is 0 Å². The molecule has 440 valence electrons. The number of hydrogen-bond acceptors (Lipinski definition) is 6. The van der Waals surface area contributed by atoms with E-state index in [1.165, 1.54) is 77.0 Å². The Hall–Kier alpha value is -4.71. The molecule has 0 radical (unpaired) electrons. The highest BCUT2D eigenvalue weighted by atomic mass is 16.6. The minimum atomic E-state index is -0.792. The topological polar surface area (TPSA) is 78.9 Å². The smallest absolute Gasteiger partial charge is 0.306 e. The molecule has 0 aromatic rings. The first-order valence-corrected chi connectivity index (χ1v) is 31.8. The zero-order valence-electron chi connectivity index (χ0n) is 50.4. The van der Waals surface area contributed by atoms with E-state index in [1.54, 1.807) is 0 Å². The van der Waals surface area contributed by atoms with Gasteiger partial charge in [-0.1, -0.05) is 276 Å². The monoisotopic (exact) mass is 1080 g/mol. The third-order valence-corrected chi connectivity index (χ3v) is 13.1. The summed E-state index contributed by atoms with van der Waals surface area (Å²) in [6.45, 7) is 6.33. The molecule has 0 aromatic heterocycles. The van der Waals surface area contributed by atoms with Crippen LogP contribution in [-0.2, 0) is 28.6 Å². The number of unbranched alkanes of at least 4 members (excludes halogenated alkanes) is 21. The van der Waals surface area contributed by atoms with Crippen molar-refractivity contribution in [1.82, 2.24) is 0 Å². The van der Waals surface area contributed by atoms with Gasteiger partial charge in [0.25, 0.3) is 0 Å². The number of hydrogen-bond donors (Lipinski definition) is 0. The summed E-state index contributed by atoms with van der Waals surface area (Å²) >= 11 is 0. The van der Waals surface area contributed by atoms with Gasteiger partial charge in [0.15, 0.2) is 6.10 Å². The highest BCUT2D eigenvalue weighted by Gasteiger charge is 2.19. The van der Waals surface area contributed by atoms with Gasteiger partial charge in [-0.05, 0) is 122 Å². The average molecular weight is 1080 g/mol. The van der Waals surface area contributed by atoms with Gasteiger partial charge in [0.2, 0.25) is 0 Å². The Balaban J connectivity index is 4.13. The summed E-state index contributed by atoms with van der Waals surface area (Å²) in [5.41, 5.74) is 0. The summed E-state index contributed by atoms with van der Waals surface area (Å²) in [7, 11) is 0. The molecule has 0 saturated carbocycles. The normalized spacial score (nSPS) is 13.1. The van der Waals surface area contributed by atoms with Crippen LogP contribution >= 0.6 is 0 Å². The Morgan fingerprint density at radius 2 is 0.500 bits per heavy atom. The SMILES string of the molecule is CC/C=C\C/C=C\C/C=C\C/C=C\C/C=C\C/C=C\C/C=C\CCCCCCCCCCCCCC(=O)OCC(COC(=O)CCCCCCCC)OC(=O)CCCCCCC/C=C\C/C=C\C/C=C\C/C=C\C/C=C\CC. The van der Waals surface area contributed by atoms with E-state index in [0.29, 0.717) is 19.3 Å². The summed E-state index contributed by atoms with van der Waals surface area (Å²) in [4.78, 5) is 38.0. The van der Waals surface area contributed by atoms with E-state index in [2.05, 4.69) is 167 Å². The predicted octanol–water partition coefficient (Wildman–Crippen LogP) is 21.9. The Morgan fingerprint density at radius 1 is 0.269 bits per heavy atom. The summed E-state index contributed by atoms with van der Waals surface area (Å²) in [6.07, 6.45) is 93.1. The van der Waals surface area contributed by atoms with Crippen LogP contribution in [0.5, 0.6) is 0 Å². The lowest BCUT2D eigenvalue weighted by Crippen LogP contribution is -2.30. The Bertz CT molecular complexity index is 1710. The van der Waals surface area contributed by atoms with Crippen LogP contribution in [0.15, 0.2) is 146 Å². The van der Waals surface area contributed by atoms with Crippen molar-refractivity contribution in [2.45, 2.75) is 277 Å². The van der Waals surface area contributed by atoms with E-state index < -0.39 is 6.10 Å². The molecule has 0 spiro atoms. The number of carbonyl (C=O) groups is 3. The molecule has 1 unspecified atom stereocenters. The number of rotatable bonds is 56. The molecule has 6 heteroatoms. The maximum absolute atomic E-state index is 12.8. The van der Waals surface area contributed by atoms with Crippen molar-refractivity contribution in [1.29, 1.82) is 0 Å². The fourth-order valence-electron chi connectivity index (χ4n) is 8.39. The first kappa shape index (κ1) is 73.3. The second kappa shape index (κ2) is 64.8. The second-order valence-electron chi connectivity index (χ2n) is 20.6. The molecule has 0 saturated heterocycles. The number of esters is 3. The average Bonchev–Trinajstić information content (AvgIpc) is 3.44. The van der Waals surface area contributed by atoms with Crippen LogP contribution in [0.1, 0.15) is 271 Å². The van der Waals surface area contributed by atoms with Gasteiger partial charge in [-0.25, -0.2) is 0 Å². The van der Waals surface area contributed by atoms with Crippen molar-refractivity contribution in [2.24, 2.45) is 0 Å². The largest absolute Gasteiger partial charge is 0.462 e. The van der Waals surface area contributed by atoms with Crippen molar-refractivity contribution in [3.05, 3.63) is 146 Å². The molecule has 0 N–H and O–H groups in total. The van der Waals surface area contributed by atoms with E-state index in [9.17, 15) is 14.4 Å². The van der Waals surface area contributed by atoms with E-state index >= 15 is 0 Å². The van der Waals surface area contributed by atoms with E-state index in [0.717, 1.165) is 154 Å². The first-order chi connectivity index (χ1) is 38.5. The molecular formula is C72H116O6. The lowest BCUT2D eigenvalue weighted by Gasteiger charge is -2.18. The molecule has 78 heavy (non-hydrogen) atoms. The molecular weight excluding hydrogens is 961 g/mol. The molecule has 1 atom stereocenters. The number of carbonyl (C=O) groups excluding carboxylic acids is 3. The maximum atomic E-state index is 12.8. The minimum absolute atomic E-state index is 0.0901. The van der Waals surface area contributed by atoms with Crippen LogP contribution in [0, 0.1) is 0 Å². The van der Waals surface area contributed by atoms with Gasteiger partial charge in [0, 0.05) is 19.3 Å². The maximum Gasteiger partial charge on any atom is 0.306 e. The standard InChI is InChI=1S/C72H116O6/c1-4-7-10-13-16-18-20-22-24-26-28-30-31-32-33-34-35-36-37-38-39-40-41-43-44-46-48-50-52-54-56-59-62-65-71(74)77-68-69(67-76-70(73)64-61-58-15-12-9-6-3)78-72(75)66-63-60-57-55-53-51-49-47-45-42-29-27-25-23-21-19-17-14-11-8-5-2/h7-8,10-11,16-19,22-25,28-30,32-33,35-36,38-39,42,47,49,69H,4-6,9,12-15,20-21,26-27,31,34,37,40-41,43-46,48,50-68H2,1-3H3/b10-7-,11-8-,18-16-,19-17-,24-22-,25-23-,30-28-,33-32-,36-35-,39-38-,42-29-,49-47-. The molecule has 0 aromatic carbocycles. The van der Waals surface area contributed by atoms with Gasteiger partial charge in [0.1, 0.15) is 13.2 Å². The quantitative estimate of drug-likeness (QED) is 0.0261. The van der Waals surface area contributed by atoms with Gasteiger partial charge in [0.05, 0.1) is 0 Å². The zero-order valence-corrected chi connectivity index (χ0v) is 50.4. The molecule has 0 rings (SSSR count). The van der Waals surface area contributed by atoms with Crippen molar-refractivity contribution >= 4 is 17.9 Å². The Kier molecular flexibility index (Phi) is 60.9. The van der Waals surface area contributed by atoms with Gasteiger partial charge >= 0.3 is 17.9 Å². The van der Waals surface area contributed by atoms with Crippen LogP contribution in [0.4, 0.5) is 0 Å². The Labute approximate surface area is 480 Å². The van der Waals surface area contributed by atoms with Crippen molar-refractivity contribution in [3.8, 4) is 0 Å². The summed E-state index contributed by atoms with van der Waals surface area (Å²) in [5.74, 6) is -0.924. The van der Waals surface area contributed by atoms with E-state index in [4.69, 9.17) is 14.2 Å². The molecule has 0 aliphatic heterocycles. The van der Waals surface area contributed by atoms with E-state index in [1.807, 2.05) is 0 Å². The highest BCUT2D eigenvalue weighted by Crippen LogP contribution is 2.15. The Morgan fingerprint density at radius 3 is 0.782 bits per heavy atom. The summed E-state index contributed by atoms with van der Waals surface area (Å²) in [5, 5.41) is 0.